The van der Waals surface area contributed by atoms with Crippen molar-refractivity contribution in [2.45, 2.75) is 32.4 Å². The second-order valence-electron chi connectivity index (χ2n) is 8.85. The number of hydrogen-bond acceptors (Lipinski definition) is 6. The molecule has 188 valence electrons. The van der Waals surface area contributed by atoms with Crippen molar-refractivity contribution in [3.8, 4) is 11.5 Å². The third kappa shape index (κ3) is 9.46. The van der Waals surface area contributed by atoms with Crippen LogP contribution in [0.15, 0.2) is 23.2 Å². The smallest absolute Gasteiger partial charge is 0.191 e. The molecule has 0 bridgehead atoms. The van der Waals surface area contributed by atoms with Gasteiger partial charge in [-0.25, -0.2) is 0 Å². The predicted octanol–water partition coefficient (Wildman–Crippen LogP) is 2.09. The molecule has 0 spiro atoms. The molecule has 2 aliphatic heterocycles. The van der Waals surface area contributed by atoms with Gasteiger partial charge in [-0.2, -0.15) is 0 Å². The highest BCUT2D eigenvalue weighted by Crippen LogP contribution is 2.24. The summed E-state index contributed by atoms with van der Waals surface area (Å²) < 4.78 is 10.8. The fraction of sp³-hybridized carbons (Fsp3) is 0.708. The van der Waals surface area contributed by atoms with E-state index in [1.54, 1.807) is 14.2 Å². The molecular formula is C24H43IN6O2. The summed E-state index contributed by atoms with van der Waals surface area (Å²) in [7, 11) is 5.60. The number of benzene rings is 1. The van der Waals surface area contributed by atoms with E-state index in [2.05, 4.69) is 51.4 Å². The summed E-state index contributed by atoms with van der Waals surface area (Å²) in [6.07, 6.45) is 2.36. The van der Waals surface area contributed by atoms with Gasteiger partial charge in [-0.1, -0.05) is 0 Å². The van der Waals surface area contributed by atoms with Gasteiger partial charge in [0, 0.05) is 57.9 Å². The lowest BCUT2D eigenvalue weighted by Gasteiger charge is -2.21. The molecule has 0 aliphatic carbocycles. The minimum Gasteiger partial charge on any atom is -0.497 e. The van der Waals surface area contributed by atoms with E-state index >= 15 is 0 Å². The Morgan fingerprint density at radius 3 is 2.48 bits per heavy atom. The van der Waals surface area contributed by atoms with Crippen molar-refractivity contribution in [2.24, 2.45) is 4.99 Å². The summed E-state index contributed by atoms with van der Waals surface area (Å²) in [5, 5.41) is 7.08. The number of likely N-dealkylation sites (tertiary alicyclic amines) is 1. The number of methoxy groups -OCH3 is 2. The van der Waals surface area contributed by atoms with E-state index in [-0.39, 0.29) is 24.0 Å². The lowest BCUT2D eigenvalue weighted by atomic mass is 10.2. The molecule has 0 amide bonds. The van der Waals surface area contributed by atoms with Crippen LogP contribution in [0.1, 0.15) is 25.3 Å². The molecule has 0 aromatic heterocycles. The van der Waals surface area contributed by atoms with Gasteiger partial charge < -0.3 is 29.9 Å². The second-order valence-corrected chi connectivity index (χ2v) is 8.85. The topological polar surface area (TPSA) is 64.6 Å². The Hall–Kier alpha value is -1.30. The summed E-state index contributed by atoms with van der Waals surface area (Å²) in [5.74, 6) is 2.62. The number of aliphatic imine (C=N–C) groups is 1. The van der Waals surface area contributed by atoms with Crippen LogP contribution in [0.3, 0.4) is 0 Å². The molecular weight excluding hydrogens is 531 g/mol. The van der Waals surface area contributed by atoms with Crippen molar-refractivity contribution in [1.29, 1.82) is 0 Å². The number of hydrogen-bond donors (Lipinski definition) is 2. The zero-order chi connectivity index (χ0) is 22.8. The molecule has 2 fully saturated rings. The molecule has 1 aromatic rings. The fourth-order valence-electron chi connectivity index (χ4n) is 4.45. The quantitative estimate of drug-likeness (QED) is 0.266. The van der Waals surface area contributed by atoms with Gasteiger partial charge in [-0.3, -0.25) is 9.89 Å². The van der Waals surface area contributed by atoms with Gasteiger partial charge in [-0.05, 0) is 57.6 Å². The lowest BCUT2D eigenvalue weighted by molar-refractivity contribution is 0.283. The number of rotatable bonds is 9. The van der Waals surface area contributed by atoms with Gasteiger partial charge in [-0.15, -0.1) is 24.0 Å². The number of nitrogens with one attached hydrogen (secondary N) is 2. The van der Waals surface area contributed by atoms with Gasteiger partial charge in [0.15, 0.2) is 5.96 Å². The Kier molecular flexibility index (Phi) is 12.6. The Morgan fingerprint density at radius 2 is 1.79 bits per heavy atom. The normalized spacial score (nSPS) is 20.7. The molecule has 1 aromatic carbocycles. The average Bonchev–Trinajstić information content (AvgIpc) is 3.12. The van der Waals surface area contributed by atoms with E-state index in [1.807, 2.05) is 6.07 Å². The van der Waals surface area contributed by atoms with Crippen LogP contribution >= 0.6 is 24.0 Å². The summed E-state index contributed by atoms with van der Waals surface area (Å²) in [5.41, 5.74) is 1.21. The highest BCUT2D eigenvalue weighted by molar-refractivity contribution is 14.0. The molecule has 3 rings (SSSR count). The number of ether oxygens (including phenoxy) is 2. The van der Waals surface area contributed by atoms with Gasteiger partial charge in [0.05, 0.1) is 20.8 Å². The molecule has 2 aliphatic rings. The zero-order valence-electron chi connectivity index (χ0n) is 20.8. The zero-order valence-corrected chi connectivity index (χ0v) is 23.1. The Bertz CT molecular complexity index is 713. The summed E-state index contributed by atoms with van der Waals surface area (Å²) in [6.45, 7) is 12.5. The molecule has 2 heterocycles. The van der Waals surface area contributed by atoms with Gasteiger partial charge >= 0.3 is 0 Å². The first-order valence-electron chi connectivity index (χ1n) is 12.0. The third-order valence-corrected chi connectivity index (χ3v) is 6.27. The largest absolute Gasteiger partial charge is 0.497 e. The van der Waals surface area contributed by atoms with Crippen LogP contribution in [0.2, 0.25) is 0 Å². The van der Waals surface area contributed by atoms with E-state index < -0.39 is 0 Å². The van der Waals surface area contributed by atoms with Crippen molar-refractivity contribution in [3.63, 3.8) is 0 Å². The van der Waals surface area contributed by atoms with Crippen molar-refractivity contribution < 1.29 is 9.47 Å². The van der Waals surface area contributed by atoms with Crippen molar-refractivity contribution >= 4 is 29.9 Å². The van der Waals surface area contributed by atoms with Crippen LogP contribution in [0.5, 0.6) is 11.5 Å². The molecule has 1 unspecified atom stereocenters. The van der Waals surface area contributed by atoms with Crippen LogP contribution in [-0.2, 0) is 6.54 Å². The first-order chi connectivity index (χ1) is 15.6. The number of nitrogens with zero attached hydrogens (tertiary/aromatic N) is 4. The maximum atomic E-state index is 5.42. The third-order valence-electron chi connectivity index (χ3n) is 6.27. The molecule has 33 heavy (non-hydrogen) atoms. The van der Waals surface area contributed by atoms with Crippen LogP contribution < -0.4 is 20.1 Å². The predicted molar refractivity (Wildman–Crippen MR) is 146 cm³/mol. The van der Waals surface area contributed by atoms with Crippen LogP contribution in [-0.4, -0.2) is 107 Å². The number of halogens is 1. The molecule has 8 nitrogen and oxygen atoms in total. The number of likely N-dealkylation sites (N-methyl/N-ethyl adjacent to an activating group) is 1. The first-order valence-corrected chi connectivity index (χ1v) is 12.0. The SMILES string of the molecule is CCNC(=NCCN1CCCN(C)CC1)NC1CCN(Cc2cc(OC)cc(OC)c2)C1.I. The standard InChI is InChI=1S/C24H42N6O2.HI/c1-5-25-24(26-8-12-29-10-6-9-28(2)13-14-29)27-21-7-11-30(19-21)18-20-15-22(31-3)17-23(16-20)32-4;/h15-17,21H,5-14,18-19H2,1-4H3,(H2,25,26,27);1H. The van der Waals surface area contributed by atoms with Crippen LogP contribution in [0.25, 0.3) is 0 Å². The Morgan fingerprint density at radius 1 is 1.03 bits per heavy atom. The molecule has 9 heteroatoms. The molecule has 0 radical (unpaired) electrons. The molecule has 0 saturated carbocycles. The van der Waals surface area contributed by atoms with Gasteiger partial charge in [0.2, 0.25) is 0 Å². The Labute approximate surface area is 217 Å². The molecule has 2 saturated heterocycles. The minimum absolute atomic E-state index is 0. The summed E-state index contributed by atoms with van der Waals surface area (Å²) in [6, 6.07) is 6.51. The lowest BCUT2D eigenvalue weighted by Crippen LogP contribution is -2.45. The fourth-order valence-corrected chi connectivity index (χ4v) is 4.45. The highest BCUT2D eigenvalue weighted by Gasteiger charge is 2.23. The van der Waals surface area contributed by atoms with Crippen LogP contribution in [0.4, 0.5) is 0 Å². The van der Waals surface area contributed by atoms with Gasteiger partial charge in [0.1, 0.15) is 11.5 Å². The van der Waals surface area contributed by atoms with E-state index in [1.165, 1.54) is 25.1 Å². The first kappa shape index (κ1) is 27.9. The van der Waals surface area contributed by atoms with E-state index in [9.17, 15) is 0 Å². The maximum absolute atomic E-state index is 5.42. The van der Waals surface area contributed by atoms with E-state index in [0.29, 0.717) is 6.04 Å². The number of guanidine groups is 1. The summed E-state index contributed by atoms with van der Waals surface area (Å²) >= 11 is 0. The van der Waals surface area contributed by atoms with Gasteiger partial charge in [0.25, 0.3) is 0 Å². The molecule has 1 atom stereocenters. The maximum Gasteiger partial charge on any atom is 0.191 e. The van der Waals surface area contributed by atoms with Crippen molar-refractivity contribution in [1.82, 2.24) is 25.3 Å². The summed E-state index contributed by atoms with van der Waals surface area (Å²) in [4.78, 5) is 12.3. The Balaban J connectivity index is 0.00000385. The minimum atomic E-state index is 0. The van der Waals surface area contributed by atoms with E-state index in [4.69, 9.17) is 14.5 Å². The van der Waals surface area contributed by atoms with Crippen molar-refractivity contribution in [3.05, 3.63) is 23.8 Å². The van der Waals surface area contributed by atoms with Crippen molar-refractivity contribution in [2.75, 3.05) is 80.2 Å². The van der Waals surface area contributed by atoms with Crippen LogP contribution in [0, 0.1) is 0 Å². The molecule has 2 N–H and O–H groups in total. The second kappa shape index (κ2) is 14.9. The monoisotopic (exact) mass is 574 g/mol. The highest BCUT2D eigenvalue weighted by atomic mass is 127. The average molecular weight is 575 g/mol. The van der Waals surface area contributed by atoms with E-state index in [0.717, 1.165) is 76.2 Å².